The van der Waals surface area contributed by atoms with E-state index in [2.05, 4.69) is 10.3 Å². The largest absolute Gasteiger partial charge is 0.497 e. The van der Waals surface area contributed by atoms with E-state index in [1.807, 2.05) is 6.07 Å². The lowest BCUT2D eigenvalue weighted by Gasteiger charge is -2.11. The van der Waals surface area contributed by atoms with Crippen LogP contribution in [0.2, 0.25) is 0 Å². The number of methoxy groups -OCH3 is 1. The average molecular weight is 323 g/mol. The molecule has 1 N–H and O–H groups in total. The molecule has 3 aromatic rings. The summed E-state index contributed by atoms with van der Waals surface area (Å²) >= 11 is 0. The lowest BCUT2D eigenvalue weighted by atomic mass is 10.2. The van der Waals surface area contributed by atoms with Crippen LogP contribution in [0.5, 0.6) is 5.75 Å². The number of para-hydroxylation sites is 1. The Balaban J connectivity index is 1.86. The molecule has 1 amide bonds. The fourth-order valence-corrected chi connectivity index (χ4v) is 2.51. The normalized spacial score (nSPS) is 10.6. The van der Waals surface area contributed by atoms with Gasteiger partial charge in [-0.2, -0.15) is 0 Å². The molecule has 1 heterocycles. The molecule has 6 heteroatoms. The molecule has 0 aliphatic heterocycles. The van der Waals surface area contributed by atoms with Crippen LogP contribution in [0.25, 0.3) is 10.9 Å². The zero-order chi connectivity index (χ0) is 17.1. The average Bonchev–Trinajstić information content (AvgIpc) is 2.59. The van der Waals surface area contributed by atoms with Gasteiger partial charge in [-0.1, -0.05) is 18.2 Å². The van der Waals surface area contributed by atoms with Gasteiger partial charge in [-0.3, -0.25) is 14.2 Å². The van der Waals surface area contributed by atoms with Crippen molar-refractivity contribution in [2.45, 2.75) is 13.5 Å². The molecule has 0 unspecified atom stereocenters. The molecule has 0 spiro atoms. The second-order valence-corrected chi connectivity index (χ2v) is 5.35. The lowest BCUT2D eigenvalue weighted by molar-refractivity contribution is -0.116. The van der Waals surface area contributed by atoms with Crippen LogP contribution < -0.4 is 15.6 Å². The van der Waals surface area contributed by atoms with Gasteiger partial charge in [0.25, 0.3) is 5.56 Å². The maximum Gasteiger partial charge on any atom is 0.261 e. The van der Waals surface area contributed by atoms with Gasteiger partial charge in [0, 0.05) is 11.8 Å². The Morgan fingerprint density at radius 1 is 1.21 bits per heavy atom. The van der Waals surface area contributed by atoms with Crippen molar-refractivity contribution in [1.82, 2.24) is 9.55 Å². The second kappa shape index (κ2) is 6.54. The Morgan fingerprint density at radius 3 is 2.79 bits per heavy atom. The zero-order valence-corrected chi connectivity index (χ0v) is 13.4. The van der Waals surface area contributed by atoms with Gasteiger partial charge in [0.15, 0.2) is 0 Å². The highest BCUT2D eigenvalue weighted by atomic mass is 16.5. The number of aryl methyl sites for hydroxylation is 1. The Kier molecular flexibility index (Phi) is 4.29. The standard InChI is InChI=1S/C18H17N3O3/c1-12-19-16-9-4-3-8-15(16)18(23)21(12)11-17(22)20-13-6-5-7-14(10-13)24-2/h3-10H,11H2,1-2H3,(H,20,22). The summed E-state index contributed by atoms with van der Waals surface area (Å²) in [5.41, 5.74) is 1.02. The summed E-state index contributed by atoms with van der Waals surface area (Å²) < 4.78 is 6.50. The lowest BCUT2D eigenvalue weighted by Crippen LogP contribution is -2.30. The zero-order valence-electron chi connectivity index (χ0n) is 13.4. The monoisotopic (exact) mass is 323 g/mol. The van der Waals surface area contributed by atoms with Gasteiger partial charge in [-0.25, -0.2) is 4.98 Å². The second-order valence-electron chi connectivity index (χ2n) is 5.35. The van der Waals surface area contributed by atoms with Gasteiger partial charge in [0.05, 0.1) is 18.0 Å². The summed E-state index contributed by atoms with van der Waals surface area (Å²) in [6.45, 7) is 1.62. The van der Waals surface area contributed by atoms with Crippen LogP contribution in [0.15, 0.2) is 53.3 Å². The third-order valence-corrected chi connectivity index (χ3v) is 3.71. The molecule has 0 saturated heterocycles. The van der Waals surface area contributed by atoms with Gasteiger partial charge in [-0.15, -0.1) is 0 Å². The Labute approximate surface area is 138 Å². The minimum atomic E-state index is -0.300. The molecule has 24 heavy (non-hydrogen) atoms. The smallest absolute Gasteiger partial charge is 0.261 e. The quantitative estimate of drug-likeness (QED) is 0.800. The molecule has 0 atom stereocenters. The molecule has 2 aromatic carbocycles. The third kappa shape index (κ3) is 3.12. The Morgan fingerprint density at radius 2 is 2.00 bits per heavy atom. The number of anilines is 1. The first-order valence-corrected chi connectivity index (χ1v) is 7.48. The number of fused-ring (bicyclic) bond motifs is 1. The maximum atomic E-state index is 12.6. The summed E-state index contributed by atoms with van der Waals surface area (Å²) in [5.74, 6) is 0.846. The molecule has 1 aromatic heterocycles. The molecule has 0 aliphatic carbocycles. The van der Waals surface area contributed by atoms with E-state index in [1.54, 1.807) is 56.5 Å². The van der Waals surface area contributed by atoms with Crippen LogP contribution >= 0.6 is 0 Å². The highest BCUT2D eigenvalue weighted by molar-refractivity contribution is 5.91. The van der Waals surface area contributed by atoms with Crippen LogP contribution in [-0.2, 0) is 11.3 Å². The van der Waals surface area contributed by atoms with Gasteiger partial charge in [0.1, 0.15) is 18.1 Å². The SMILES string of the molecule is COc1cccc(NC(=O)Cn2c(C)nc3ccccc3c2=O)c1. The number of amides is 1. The van der Waals surface area contributed by atoms with E-state index in [-0.39, 0.29) is 18.0 Å². The van der Waals surface area contributed by atoms with E-state index < -0.39 is 0 Å². The van der Waals surface area contributed by atoms with Crippen molar-refractivity contribution in [2.24, 2.45) is 0 Å². The van der Waals surface area contributed by atoms with Crippen LogP contribution in [0.4, 0.5) is 5.69 Å². The molecule has 0 saturated carbocycles. The number of nitrogens with one attached hydrogen (secondary N) is 1. The number of carbonyl (C=O) groups excluding carboxylic acids is 1. The molecule has 0 aliphatic rings. The molecule has 0 fully saturated rings. The summed E-state index contributed by atoms with van der Waals surface area (Å²) in [6, 6.07) is 14.1. The predicted octanol–water partition coefficient (Wildman–Crippen LogP) is 2.35. The van der Waals surface area contributed by atoms with Crippen molar-refractivity contribution >= 4 is 22.5 Å². The highest BCUT2D eigenvalue weighted by Crippen LogP contribution is 2.16. The van der Waals surface area contributed by atoms with Gasteiger partial charge in [-0.05, 0) is 31.2 Å². The number of carbonyl (C=O) groups is 1. The minimum absolute atomic E-state index is 0.0975. The van der Waals surface area contributed by atoms with Crippen molar-refractivity contribution in [2.75, 3.05) is 12.4 Å². The van der Waals surface area contributed by atoms with Crippen molar-refractivity contribution in [1.29, 1.82) is 0 Å². The molecule has 6 nitrogen and oxygen atoms in total. The molecule has 122 valence electrons. The van der Waals surface area contributed by atoms with E-state index in [4.69, 9.17) is 4.74 Å². The van der Waals surface area contributed by atoms with Crippen molar-refractivity contribution in [3.8, 4) is 5.75 Å². The van der Waals surface area contributed by atoms with Gasteiger partial charge < -0.3 is 10.1 Å². The molecule has 0 radical (unpaired) electrons. The molecular formula is C18H17N3O3. The number of rotatable bonds is 4. The van der Waals surface area contributed by atoms with E-state index in [9.17, 15) is 9.59 Å². The van der Waals surface area contributed by atoms with Crippen LogP contribution in [0, 0.1) is 6.92 Å². The van der Waals surface area contributed by atoms with E-state index >= 15 is 0 Å². The fourth-order valence-electron chi connectivity index (χ4n) is 2.51. The summed E-state index contributed by atoms with van der Waals surface area (Å²) in [5, 5.41) is 3.26. The topological polar surface area (TPSA) is 73.2 Å². The van der Waals surface area contributed by atoms with Crippen LogP contribution in [0.1, 0.15) is 5.82 Å². The van der Waals surface area contributed by atoms with Crippen molar-refractivity contribution in [3.05, 3.63) is 64.7 Å². The number of benzene rings is 2. The number of nitrogens with zero attached hydrogens (tertiary/aromatic N) is 2. The Hall–Kier alpha value is -3.15. The molecule has 0 bridgehead atoms. The highest BCUT2D eigenvalue weighted by Gasteiger charge is 2.11. The third-order valence-electron chi connectivity index (χ3n) is 3.71. The van der Waals surface area contributed by atoms with Gasteiger partial charge >= 0.3 is 0 Å². The fraction of sp³-hybridized carbons (Fsp3) is 0.167. The number of aromatic nitrogens is 2. The first-order chi connectivity index (χ1) is 11.6. The van der Waals surface area contributed by atoms with Crippen LogP contribution in [0.3, 0.4) is 0 Å². The van der Waals surface area contributed by atoms with Crippen LogP contribution in [-0.4, -0.2) is 22.6 Å². The Bertz CT molecular complexity index is 963. The minimum Gasteiger partial charge on any atom is -0.497 e. The van der Waals surface area contributed by atoms with E-state index in [0.717, 1.165) is 0 Å². The van der Waals surface area contributed by atoms with E-state index in [1.165, 1.54) is 4.57 Å². The summed E-state index contributed by atoms with van der Waals surface area (Å²) in [7, 11) is 1.56. The van der Waals surface area contributed by atoms with Gasteiger partial charge in [0.2, 0.25) is 5.91 Å². The molecular weight excluding hydrogens is 306 g/mol. The van der Waals surface area contributed by atoms with E-state index in [0.29, 0.717) is 28.2 Å². The van der Waals surface area contributed by atoms with Crippen molar-refractivity contribution in [3.63, 3.8) is 0 Å². The molecule has 3 rings (SSSR count). The number of hydrogen-bond donors (Lipinski definition) is 1. The number of hydrogen-bond acceptors (Lipinski definition) is 4. The summed E-state index contributed by atoms with van der Waals surface area (Å²) in [6.07, 6.45) is 0. The number of ether oxygens (including phenoxy) is 1. The predicted molar refractivity (Wildman–Crippen MR) is 92.4 cm³/mol. The van der Waals surface area contributed by atoms with Crippen molar-refractivity contribution < 1.29 is 9.53 Å². The first kappa shape index (κ1) is 15.7. The summed E-state index contributed by atoms with van der Waals surface area (Å²) in [4.78, 5) is 29.2. The maximum absolute atomic E-state index is 12.6. The first-order valence-electron chi connectivity index (χ1n) is 7.48.